The summed E-state index contributed by atoms with van der Waals surface area (Å²) in [5, 5.41) is 11.5. The van der Waals surface area contributed by atoms with E-state index in [1.807, 2.05) is 20.8 Å². The van der Waals surface area contributed by atoms with Crippen LogP contribution in [-0.2, 0) is 11.3 Å². The zero-order valence-electron chi connectivity index (χ0n) is 13.1. The molecule has 0 spiro atoms. The van der Waals surface area contributed by atoms with Crippen LogP contribution < -0.4 is 5.32 Å². The number of esters is 1. The Kier molecular flexibility index (Phi) is 4.40. The van der Waals surface area contributed by atoms with Crippen molar-refractivity contribution in [1.82, 2.24) is 20.0 Å². The molecule has 114 valence electrons. The van der Waals surface area contributed by atoms with Crippen molar-refractivity contribution in [3.8, 4) is 0 Å². The number of hydrogen-bond acceptors (Lipinski definition) is 6. The molecular formula is C14H21N5O2. The molecule has 0 atom stereocenters. The van der Waals surface area contributed by atoms with Crippen molar-refractivity contribution in [2.45, 2.75) is 47.2 Å². The molecule has 0 bridgehead atoms. The lowest BCUT2D eigenvalue weighted by Crippen LogP contribution is -2.15. The molecule has 21 heavy (non-hydrogen) atoms. The highest BCUT2D eigenvalue weighted by molar-refractivity contribution is 6.05. The summed E-state index contributed by atoms with van der Waals surface area (Å²) in [6.45, 7) is 10.5. The van der Waals surface area contributed by atoms with E-state index in [1.165, 1.54) is 0 Å². The van der Waals surface area contributed by atoms with E-state index in [9.17, 15) is 4.79 Å². The number of ether oxygens (including phenoxy) is 1. The van der Waals surface area contributed by atoms with Crippen LogP contribution in [0.5, 0.6) is 0 Å². The van der Waals surface area contributed by atoms with E-state index in [1.54, 1.807) is 18.5 Å². The molecule has 0 aliphatic rings. The number of carbonyl (C=O) groups excluding carboxylic acids is 1. The predicted molar refractivity (Wildman–Crippen MR) is 80.4 cm³/mol. The number of nitrogens with zero attached hydrogens (tertiary/aromatic N) is 4. The quantitative estimate of drug-likeness (QED) is 0.850. The smallest absolute Gasteiger partial charge is 0.342 e. The average molecular weight is 291 g/mol. The van der Waals surface area contributed by atoms with Crippen molar-refractivity contribution in [3.05, 3.63) is 11.3 Å². The minimum absolute atomic E-state index is 0.209. The fraction of sp³-hybridized carbons (Fsp3) is 0.571. The first-order valence-corrected chi connectivity index (χ1v) is 7.17. The molecule has 7 nitrogen and oxygen atoms in total. The van der Waals surface area contributed by atoms with E-state index >= 15 is 0 Å². The van der Waals surface area contributed by atoms with E-state index in [2.05, 4.69) is 20.6 Å². The van der Waals surface area contributed by atoms with Gasteiger partial charge in [0.15, 0.2) is 11.3 Å². The maximum absolute atomic E-state index is 12.2. The van der Waals surface area contributed by atoms with Gasteiger partial charge in [-0.25, -0.2) is 14.5 Å². The van der Waals surface area contributed by atoms with Crippen LogP contribution in [0.4, 0.5) is 5.82 Å². The van der Waals surface area contributed by atoms with E-state index in [0.29, 0.717) is 41.3 Å². The Hall–Kier alpha value is -2.18. The Balaban J connectivity index is 2.71. The maximum atomic E-state index is 12.2. The van der Waals surface area contributed by atoms with Crippen LogP contribution >= 0.6 is 0 Å². The molecule has 0 amide bonds. The zero-order valence-corrected chi connectivity index (χ0v) is 13.1. The average Bonchev–Trinajstić information content (AvgIpc) is 2.82. The fourth-order valence-corrected chi connectivity index (χ4v) is 2.21. The first-order valence-electron chi connectivity index (χ1n) is 7.17. The zero-order chi connectivity index (χ0) is 15.6. The molecule has 0 aromatic carbocycles. The minimum Gasteiger partial charge on any atom is -0.462 e. The summed E-state index contributed by atoms with van der Waals surface area (Å²) < 4.78 is 6.83. The van der Waals surface area contributed by atoms with Gasteiger partial charge in [-0.2, -0.15) is 0 Å². The van der Waals surface area contributed by atoms with Crippen LogP contribution in [-0.4, -0.2) is 38.6 Å². The van der Waals surface area contributed by atoms with Crippen molar-refractivity contribution in [3.63, 3.8) is 0 Å². The van der Waals surface area contributed by atoms with Gasteiger partial charge in [-0.15, -0.1) is 5.10 Å². The Labute approximate surface area is 123 Å². The fourth-order valence-electron chi connectivity index (χ4n) is 2.21. The number of hydrogen-bond donors (Lipinski definition) is 1. The lowest BCUT2D eigenvalue weighted by Gasteiger charge is -2.13. The van der Waals surface area contributed by atoms with Crippen molar-refractivity contribution in [2.24, 2.45) is 0 Å². The number of aryl methyl sites for hydroxylation is 2. The van der Waals surface area contributed by atoms with E-state index in [0.717, 1.165) is 0 Å². The van der Waals surface area contributed by atoms with Gasteiger partial charge in [0, 0.05) is 12.6 Å². The third kappa shape index (κ3) is 2.81. The number of rotatable bonds is 5. The van der Waals surface area contributed by atoms with Gasteiger partial charge in [-0.3, -0.25) is 0 Å². The van der Waals surface area contributed by atoms with E-state index in [-0.39, 0.29) is 12.0 Å². The van der Waals surface area contributed by atoms with Crippen molar-refractivity contribution >= 4 is 22.8 Å². The highest BCUT2D eigenvalue weighted by Gasteiger charge is 2.23. The molecule has 2 rings (SSSR count). The second-order valence-electron chi connectivity index (χ2n) is 5.04. The van der Waals surface area contributed by atoms with Crippen LogP contribution in [0.15, 0.2) is 0 Å². The molecule has 2 heterocycles. The van der Waals surface area contributed by atoms with Gasteiger partial charge in [0.25, 0.3) is 0 Å². The van der Waals surface area contributed by atoms with Gasteiger partial charge < -0.3 is 10.1 Å². The van der Waals surface area contributed by atoms with Gasteiger partial charge in [-0.1, -0.05) is 5.21 Å². The van der Waals surface area contributed by atoms with Crippen LogP contribution in [0.25, 0.3) is 11.0 Å². The maximum Gasteiger partial charge on any atom is 0.342 e. The van der Waals surface area contributed by atoms with E-state index < -0.39 is 0 Å². The third-order valence-electron chi connectivity index (χ3n) is 3.04. The predicted octanol–water partition coefficient (Wildman–Crippen LogP) is 2.15. The van der Waals surface area contributed by atoms with Crippen LogP contribution in [0.2, 0.25) is 0 Å². The van der Waals surface area contributed by atoms with Crippen LogP contribution in [0.3, 0.4) is 0 Å². The molecule has 1 N–H and O–H groups in total. The lowest BCUT2D eigenvalue weighted by molar-refractivity contribution is 0.0527. The molecule has 0 aliphatic carbocycles. The SMILES string of the molecule is CCOC(=O)c1c(C)nc(NC(C)C)c2nnn(CC)c12. The van der Waals surface area contributed by atoms with Crippen molar-refractivity contribution in [1.29, 1.82) is 0 Å². The third-order valence-corrected chi connectivity index (χ3v) is 3.04. The summed E-state index contributed by atoms with van der Waals surface area (Å²) >= 11 is 0. The molecular weight excluding hydrogens is 270 g/mol. The molecule has 2 aromatic rings. The number of fused-ring (bicyclic) bond motifs is 1. The number of nitrogens with one attached hydrogen (secondary N) is 1. The van der Waals surface area contributed by atoms with Gasteiger partial charge in [0.2, 0.25) is 0 Å². The molecule has 0 saturated heterocycles. The monoisotopic (exact) mass is 291 g/mol. The van der Waals surface area contributed by atoms with Crippen molar-refractivity contribution in [2.75, 3.05) is 11.9 Å². The lowest BCUT2D eigenvalue weighted by atomic mass is 10.1. The van der Waals surface area contributed by atoms with Gasteiger partial charge >= 0.3 is 5.97 Å². The molecule has 7 heteroatoms. The summed E-state index contributed by atoms with van der Waals surface area (Å²) in [7, 11) is 0. The Bertz CT molecular complexity index is 663. The summed E-state index contributed by atoms with van der Waals surface area (Å²) in [6.07, 6.45) is 0. The topological polar surface area (TPSA) is 81.9 Å². The first kappa shape index (κ1) is 15.2. The largest absolute Gasteiger partial charge is 0.462 e. The van der Waals surface area contributed by atoms with Crippen LogP contribution in [0.1, 0.15) is 43.7 Å². The van der Waals surface area contributed by atoms with Gasteiger partial charge in [0.1, 0.15) is 11.1 Å². The molecule has 0 fully saturated rings. The summed E-state index contributed by atoms with van der Waals surface area (Å²) in [5.74, 6) is 0.255. The first-order chi connectivity index (χ1) is 9.99. The molecule has 0 unspecified atom stereocenters. The number of aromatic nitrogens is 4. The summed E-state index contributed by atoms with van der Waals surface area (Å²) in [5.41, 5.74) is 2.32. The Morgan fingerprint density at radius 2 is 2.10 bits per heavy atom. The van der Waals surface area contributed by atoms with Gasteiger partial charge in [0.05, 0.1) is 12.3 Å². The van der Waals surface area contributed by atoms with Gasteiger partial charge in [-0.05, 0) is 34.6 Å². The number of anilines is 1. The highest BCUT2D eigenvalue weighted by Crippen LogP contribution is 2.26. The molecule has 0 aliphatic heterocycles. The van der Waals surface area contributed by atoms with Crippen molar-refractivity contribution < 1.29 is 9.53 Å². The van der Waals surface area contributed by atoms with Crippen LogP contribution in [0, 0.1) is 6.92 Å². The summed E-state index contributed by atoms with van der Waals surface area (Å²) in [6, 6.07) is 0.209. The molecule has 2 aromatic heterocycles. The summed E-state index contributed by atoms with van der Waals surface area (Å²) in [4.78, 5) is 16.7. The second kappa shape index (κ2) is 6.07. The Morgan fingerprint density at radius 1 is 1.38 bits per heavy atom. The second-order valence-corrected chi connectivity index (χ2v) is 5.04. The normalized spacial score (nSPS) is 11.1. The minimum atomic E-state index is -0.388. The molecule has 0 saturated carbocycles. The molecule has 0 radical (unpaired) electrons. The standard InChI is InChI=1S/C14H21N5O2/c1-6-19-12-10(14(20)21-7-2)9(5)16-13(15-8(3)4)11(12)17-18-19/h8H,6-7H2,1-5H3,(H,15,16). The highest BCUT2D eigenvalue weighted by atomic mass is 16.5. The number of carbonyl (C=O) groups is 1. The number of pyridine rings is 1. The van der Waals surface area contributed by atoms with E-state index in [4.69, 9.17) is 4.74 Å². The Morgan fingerprint density at radius 3 is 2.67 bits per heavy atom.